The van der Waals surface area contributed by atoms with Gasteiger partial charge < -0.3 is 14.8 Å². The molecule has 19 heavy (non-hydrogen) atoms. The smallest absolute Gasteiger partial charge is 0.338 e. The summed E-state index contributed by atoms with van der Waals surface area (Å²) in [5.41, 5.74) is 0.219. The Morgan fingerprint density at radius 2 is 2.05 bits per heavy atom. The van der Waals surface area contributed by atoms with Crippen LogP contribution in [0.3, 0.4) is 0 Å². The van der Waals surface area contributed by atoms with Crippen molar-refractivity contribution in [2.24, 2.45) is 0 Å². The van der Waals surface area contributed by atoms with Crippen molar-refractivity contribution in [2.75, 3.05) is 0 Å². The van der Waals surface area contributed by atoms with E-state index in [1.165, 1.54) is 6.07 Å². The topological polar surface area (TPSA) is 79.5 Å². The number of furan rings is 1. The molecule has 0 bridgehead atoms. The highest BCUT2D eigenvalue weighted by molar-refractivity contribution is 5.95. The lowest BCUT2D eigenvalue weighted by Gasteiger charge is -2.04. The third-order valence-corrected chi connectivity index (χ3v) is 2.47. The van der Waals surface area contributed by atoms with E-state index in [0.29, 0.717) is 5.56 Å². The molecule has 1 heterocycles. The van der Waals surface area contributed by atoms with Crippen molar-refractivity contribution >= 4 is 11.9 Å². The van der Waals surface area contributed by atoms with Crippen LogP contribution in [-0.4, -0.2) is 17.0 Å². The van der Waals surface area contributed by atoms with Gasteiger partial charge in [0.05, 0.1) is 5.56 Å². The van der Waals surface area contributed by atoms with Crippen molar-refractivity contribution < 1.29 is 23.5 Å². The van der Waals surface area contributed by atoms with E-state index in [9.17, 15) is 14.0 Å². The molecular weight excluding hydrogens is 253 g/mol. The molecule has 2 N–H and O–H groups in total. The van der Waals surface area contributed by atoms with E-state index in [1.54, 1.807) is 18.2 Å². The van der Waals surface area contributed by atoms with Crippen molar-refractivity contribution in [1.82, 2.24) is 5.32 Å². The van der Waals surface area contributed by atoms with Gasteiger partial charge in [0, 0.05) is 18.2 Å². The Morgan fingerprint density at radius 1 is 1.32 bits per heavy atom. The third-order valence-electron chi connectivity index (χ3n) is 2.47. The summed E-state index contributed by atoms with van der Waals surface area (Å²) in [6.45, 7) is -0.00535. The predicted molar refractivity (Wildman–Crippen MR) is 63.2 cm³/mol. The maximum absolute atomic E-state index is 13.3. The molecule has 6 heteroatoms. The molecule has 2 rings (SSSR count). The van der Waals surface area contributed by atoms with Gasteiger partial charge in [-0.15, -0.1) is 0 Å². The first-order valence-electron chi connectivity index (χ1n) is 5.41. The number of nitrogens with one attached hydrogen (secondary N) is 1. The van der Waals surface area contributed by atoms with Crippen LogP contribution in [0.5, 0.6) is 0 Å². The van der Waals surface area contributed by atoms with Crippen LogP contribution in [0.4, 0.5) is 4.39 Å². The van der Waals surface area contributed by atoms with E-state index in [4.69, 9.17) is 9.52 Å². The molecule has 0 aliphatic heterocycles. The van der Waals surface area contributed by atoms with E-state index in [0.717, 1.165) is 12.3 Å². The number of carboxylic acid groups (broad SMARTS) is 1. The standard InChI is InChI=1S/C13H10FNO4/c14-10-4-2-1-3-8(10)6-15-12(16)11-5-9(7-19-11)13(17)18/h1-5,7H,6H2,(H,15,16)(H,17,18). The molecule has 1 amide bonds. The number of hydrogen-bond acceptors (Lipinski definition) is 3. The number of aromatic carboxylic acids is 1. The molecule has 5 nitrogen and oxygen atoms in total. The van der Waals surface area contributed by atoms with Gasteiger partial charge >= 0.3 is 5.97 Å². The van der Waals surface area contributed by atoms with Gasteiger partial charge in [-0.1, -0.05) is 18.2 Å². The van der Waals surface area contributed by atoms with Crippen molar-refractivity contribution in [3.8, 4) is 0 Å². The molecule has 0 radical (unpaired) electrons. The van der Waals surface area contributed by atoms with Gasteiger partial charge in [-0.05, 0) is 6.07 Å². The van der Waals surface area contributed by atoms with Crippen LogP contribution in [0.2, 0.25) is 0 Å². The number of amides is 1. The minimum absolute atomic E-state index is 0.00535. The Bertz CT molecular complexity index is 621. The molecule has 0 unspecified atom stereocenters. The Hall–Kier alpha value is -2.63. The second kappa shape index (κ2) is 5.34. The monoisotopic (exact) mass is 263 g/mol. The third kappa shape index (κ3) is 2.98. The molecule has 98 valence electrons. The summed E-state index contributed by atoms with van der Waals surface area (Å²) in [5.74, 6) is -2.34. The molecule has 2 aromatic rings. The zero-order valence-electron chi connectivity index (χ0n) is 9.72. The number of carbonyl (C=O) groups is 2. The number of carbonyl (C=O) groups excluding carboxylic acids is 1. The molecule has 0 saturated heterocycles. The van der Waals surface area contributed by atoms with Gasteiger partial charge in [-0.2, -0.15) is 0 Å². The molecule has 1 aromatic carbocycles. The van der Waals surface area contributed by atoms with Crippen LogP contribution in [-0.2, 0) is 6.54 Å². The molecule has 0 aliphatic rings. The van der Waals surface area contributed by atoms with Crippen LogP contribution in [0.25, 0.3) is 0 Å². The SMILES string of the molecule is O=C(O)c1coc(C(=O)NCc2ccccc2F)c1. The van der Waals surface area contributed by atoms with Crippen LogP contribution in [0, 0.1) is 5.82 Å². The molecular formula is C13H10FNO4. The summed E-state index contributed by atoms with van der Waals surface area (Å²) >= 11 is 0. The largest absolute Gasteiger partial charge is 0.478 e. The lowest BCUT2D eigenvalue weighted by atomic mass is 10.2. The van der Waals surface area contributed by atoms with Crippen molar-refractivity contribution in [3.63, 3.8) is 0 Å². The Balaban J connectivity index is 2.01. The summed E-state index contributed by atoms with van der Waals surface area (Å²) in [7, 11) is 0. The highest BCUT2D eigenvalue weighted by atomic mass is 19.1. The van der Waals surface area contributed by atoms with Gasteiger partial charge in [0.25, 0.3) is 5.91 Å². The number of benzene rings is 1. The highest BCUT2D eigenvalue weighted by Gasteiger charge is 2.14. The van der Waals surface area contributed by atoms with E-state index in [-0.39, 0.29) is 17.9 Å². The number of hydrogen-bond donors (Lipinski definition) is 2. The number of carboxylic acids is 1. The van der Waals surface area contributed by atoms with Crippen molar-refractivity contribution in [3.05, 3.63) is 59.3 Å². The first kappa shape index (κ1) is 12.8. The molecule has 0 aliphatic carbocycles. The van der Waals surface area contributed by atoms with E-state index in [2.05, 4.69) is 5.32 Å². The second-order valence-electron chi connectivity index (χ2n) is 3.78. The van der Waals surface area contributed by atoms with Crippen molar-refractivity contribution in [2.45, 2.75) is 6.54 Å². The fourth-order valence-corrected chi connectivity index (χ4v) is 1.47. The number of rotatable bonds is 4. The summed E-state index contributed by atoms with van der Waals surface area (Å²) in [6.07, 6.45) is 0.973. The van der Waals surface area contributed by atoms with Crippen LogP contribution >= 0.6 is 0 Å². The van der Waals surface area contributed by atoms with Gasteiger partial charge in [0.1, 0.15) is 12.1 Å². The molecule has 1 aromatic heterocycles. The summed E-state index contributed by atoms with van der Waals surface area (Å²) in [6, 6.07) is 7.14. The lowest BCUT2D eigenvalue weighted by molar-refractivity contribution is 0.0696. The maximum Gasteiger partial charge on any atom is 0.338 e. The summed E-state index contributed by atoms with van der Waals surface area (Å²) in [5, 5.41) is 11.1. The fourth-order valence-electron chi connectivity index (χ4n) is 1.47. The molecule has 0 saturated carbocycles. The number of halogens is 1. The van der Waals surface area contributed by atoms with Crippen LogP contribution in [0.1, 0.15) is 26.5 Å². The molecule has 0 atom stereocenters. The lowest BCUT2D eigenvalue weighted by Crippen LogP contribution is -2.22. The first-order chi connectivity index (χ1) is 9.08. The zero-order chi connectivity index (χ0) is 13.8. The summed E-state index contributed by atoms with van der Waals surface area (Å²) < 4.78 is 18.1. The Labute approximate surface area is 107 Å². The zero-order valence-corrected chi connectivity index (χ0v) is 9.72. The molecule has 0 fully saturated rings. The van der Waals surface area contributed by atoms with E-state index >= 15 is 0 Å². The Kier molecular flexibility index (Phi) is 3.61. The fraction of sp³-hybridized carbons (Fsp3) is 0.0769. The van der Waals surface area contributed by atoms with E-state index < -0.39 is 17.7 Å². The van der Waals surface area contributed by atoms with Gasteiger partial charge in [0.15, 0.2) is 5.76 Å². The van der Waals surface area contributed by atoms with Crippen LogP contribution in [0.15, 0.2) is 41.0 Å². The van der Waals surface area contributed by atoms with Gasteiger partial charge in [0.2, 0.25) is 0 Å². The normalized spacial score (nSPS) is 10.2. The minimum Gasteiger partial charge on any atom is -0.478 e. The van der Waals surface area contributed by atoms with Crippen LogP contribution < -0.4 is 5.32 Å². The maximum atomic E-state index is 13.3. The Morgan fingerprint density at radius 3 is 2.68 bits per heavy atom. The first-order valence-corrected chi connectivity index (χ1v) is 5.41. The highest BCUT2D eigenvalue weighted by Crippen LogP contribution is 2.09. The van der Waals surface area contributed by atoms with Crippen molar-refractivity contribution in [1.29, 1.82) is 0 Å². The van der Waals surface area contributed by atoms with E-state index in [1.807, 2.05) is 0 Å². The average molecular weight is 263 g/mol. The minimum atomic E-state index is -1.18. The van der Waals surface area contributed by atoms with Gasteiger partial charge in [-0.3, -0.25) is 4.79 Å². The predicted octanol–water partition coefficient (Wildman–Crippen LogP) is 2.05. The summed E-state index contributed by atoms with van der Waals surface area (Å²) in [4.78, 5) is 22.3. The molecule has 0 spiro atoms. The quantitative estimate of drug-likeness (QED) is 0.884. The second-order valence-corrected chi connectivity index (χ2v) is 3.78. The average Bonchev–Trinajstić information content (AvgIpc) is 2.87. The van der Waals surface area contributed by atoms with Gasteiger partial charge in [-0.25, -0.2) is 9.18 Å².